The van der Waals surface area contributed by atoms with Crippen LogP contribution in [0.15, 0.2) is 4.79 Å². The van der Waals surface area contributed by atoms with E-state index in [4.69, 9.17) is 5.73 Å². The van der Waals surface area contributed by atoms with Gasteiger partial charge in [0.1, 0.15) is 0 Å². The molecule has 1 atom stereocenters. The molecule has 0 aliphatic carbocycles. The molecule has 7 nitrogen and oxygen atoms in total. The van der Waals surface area contributed by atoms with Crippen LogP contribution in [0.5, 0.6) is 0 Å². The van der Waals surface area contributed by atoms with E-state index in [1.807, 2.05) is 20.9 Å². The largest absolute Gasteiger partial charge is 0.346 e. The zero-order chi connectivity index (χ0) is 19.6. The Hall–Kier alpha value is -1.57. The Morgan fingerprint density at radius 3 is 2.46 bits per heavy atom. The van der Waals surface area contributed by atoms with Gasteiger partial charge in [-0.05, 0) is 43.7 Å². The standard InChI is InChI=1S/C19H31N5O2.2ClH/c1-11(2)15(20)9-10-23(5)16(25)8-7-14-12(3)17-18(21-13(14)4)24(6)22-19(17)26;;/h11,15H,7-10,20H2,1-6H3,(H,22,26);2*1H. The molecule has 2 rings (SSSR count). The van der Waals surface area contributed by atoms with Crippen molar-refractivity contribution in [2.45, 2.75) is 53.0 Å². The van der Waals surface area contributed by atoms with E-state index in [0.29, 0.717) is 36.3 Å². The van der Waals surface area contributed by atoms with Crippen molar-refractivity contribution in [3.05, 3.63) is 27.2 Å². The van der Waals surface area contributed by atoms with Gasteiger partial charge in [-0.25, -0.2) is 4.98 Å². The second kappa shape index (κ2) is 10.8. The first-order valence-corrected chi connectivity index (χ1v) is 9.17. The lowest BCUT2D eigenvalue weighted by Gasteiger charge is -2.22. The number of aryl methyl sites for hydroxylation is 3. The van der Waals surface area contributed by atoms with Gasteiger partial charge in [0.15, 0.2) is 5.65 Å². The minimum absolute atomic E-state index is 0. The van der Waals surface area contributed by atoms with Crippen molar-refractivity contribution in [2.75, 3.05) is 13.6 Å². The zero-order valence-corrected chi connectivity index (χ0v) is 19.2. The molecule has 1 unspecified atom stereocenters. The molecule has 1 amide bonds. The van der Waals surface area contributed by atoms with Crippen molar-refractivity contribution in [1.82, 2.24) is 19.7 Å². The van der Waals surface area contributed by atoms with Crippen molar-refractivity contribution < 1.29 is 4.79 Å². The highest BCUT2D eigenvalue weighted by Gasteiger charge is 2.17. The number of nitrogens with two attached hydrogens (primary N) is 1. The summed E-state index contributed by atoms with van der Waals surface area (Å²) in [6, 6.07) is 0.103. The molecule has 0 aromatic carbocycles. The molecule has 2 aromatic rings. The van der Waals surface area contributed by atoms with Gasteiger partial charge >= 0.3 is 0 Å². The summed E-state index contributed by atoms with van der Waals surface area (Å²) in [6.07, 6.45) is 1.77. The van der Waals surface area contributed by atoms with E-state index in [9.17, 15) is 9.59 Å². The first kappa shape index (κ1) is 26.4. The molecule has 0 aliphatic rings. The van der Waals surface area contributed by atoms with E-state index >= 15 is 0 Å². The first-order valence-electron chi connectivity index (χ1n) is 9.17. The SMILES string of the molecule is Cc1nc2c(c(C)c1CCC(=O)N(C)CCC(N)C(C)C)c(=O)[nH]n2C.Cl.Cl. The third-order valence-electron chi connectivity index (χ3n) is 5.24. The Morgan fingerprint density at radius 1 is 1.29 bits per heavy atom. The molecular formula is C19H33Cl2N5O2. The van der Waals surface area contributed by atoms with Crippen LogP contribution in [0.3, 0.4) is 0 Å². The summed E-state index contributed by atoms with van der Waals surface area (Å²) in [6.45, 7) is 8.69. The number of hydrogen-bond acceptors (Lipinski definition) is 4. The number of aromatic amines is 1. The maximum atomic E-state index is 12.4. The molecule has 28 heavy (non-hydrogen) atoms. The summed E-state index contributed by atoms with van der Waals surface area (Å²) in [4.78, 5) is 30.9. The lowest BCUT2D eigenvalue weighted by atomic mass is 9.99. The van der Waals surface area contributed by atoms with Gasteiger partial charge in [0.2, 0.25) is 5.91 Å². The van der Waals surface area contributed by atoms with Crippen molar-refractivity contribution in [3.8, 4) is 0 Å². The number of amides is 1. The van der Waals surface area contributed by atoms with E-state index in [1.165, 1.54) is 0 Å². The van der Waals surface area contributed by atoms with Crippen molar-refractivity contribution >= 4 is 41.8 Å². The highest BCUT2D eigenvalue weighted by Crippen LogP contribution is 2.21. The highest BCUT2D eigenvalue weighted by molar-refractivity contribution is 5.85. The lowest BCUT2D eigenvalue weighted by molar-refractivity contribution is -0.129. The predicted molar refractivity (Wildman–Crippen MR) is 119 cm³/mol. The number of pyridine rings is 1. The number of hydrogen-bond donors (Lipinski definition) is 2. The third-order valence-corrected chi connectivity index (χ3v) is 5.24. The molecule has 3 N–H and O–H groups in total. The van der Waals surface area contributed by atoms with Gasteiger partial charge in [0.25, 0.3) is 5.56 Å². The zero-order valence-electron chi connectivity index (χ0n) is 17.5. The van der Waals surface area contributed by atoms with Crippen LogP contribution in [0.25, 0.3) is 11.0 Å². The summed E-state index contributed by atoms with van der Waals surface area (Å²) in [5, 5.41) is 3.35. The van der Waals surface area contributed by atoms with Crippen LogP contribution < -0.4 is 11.3 Å². The first-order chi connectivity index (χ1) is 12.1. The smallest absolute Gasteiger partial charge is 0.273 e. The Morgan fingerprint density at radius 2 is 1.89 bits per heavy atom. The van der Waals surface area contributed by atoms with Crippen LogP contribution in [0.4, 0.5) is 0 Å². The molecule has 2 heterocycles. The molecular weight excluding hydrogens is 401 g/mol. The number of halogens is 2. The summed E-state index contributed by atoms with van der Waals surface area (Å²) >= 11 is 0. The van der Waals surface area contributed by atoms with E-state index in [1.54, 1.807) is 16.6 Å². The fraction of sp³-hybridized carbons (Fsp3) is 0.632. The summed E-state index contributed by atoms with van der Waals surface area (Å²) in [5.41, 5.74) is 9.32. The molecule has 0 radical (unpaired) electrons. The minimum Gasteiger partial charge on any atom is -0.346 e. The van der Waals surface area contributed by atoms with E-state index in [2.05, 4.69) is 23.9 Å². The fourth-order valence-electron chi connectivity index (χ4n) is 3.24. The number of nitrogens with one attached hydrogen (secondary N) is 1. The van der Waals surface area contributed by atoms with Gasteiger partial charge in [-0.2, -0.15) is 0 Å². The van der Waals surface area contributed by atoms with Crippen molar-refractivity contribution in [2.24, 2.45) is 18.7 Å². The Bertz CT molecular complexity index is 860. The molecule has 0 saturated heterocycles. The summed E-state index contributed by atoms with van der Waals surface area (Å²) in [5.74, 6) is 0.493. The normalized spacial score (nSPS) is 11.9. The number of fused-ring (bicyclic) bond motifs is 1. The van der Waals surface area contributed by atoms with Crippen molar-refractivity contribution in [1.29, 1.82) is 0 Å². The highest BCUT2D eigenvalue weighted by atomic mass is 35.5. The average Bonchev–Trinajstić information content (AvgIpc) is 2.85. The number of H-pyrrole nitrogens is 1. The minimum atomic E-state index is -0.139. The Labute approximate surface area is 178 Å². The quantitative estimate of drug-likeness (QED) is 0.700. The molecule has 0 spiro atoms. The predicted octanol–water partition coefficient (Wildman–Crippen LogP) is 2.49. The second-order valence-corrected chi connectivity index (χ2v) is 7.51. The van der Waals surface area contributed by atoms with Crippen LogP contribution in [-0.4, -0.2) is 45.2 Å². The third kappa shape index (κ3) is 5.72. The molecule has 9 heteroatoms. The number of aromatic nitrogens is 3. The topological polar surface area (TPSA) is 97.0 Å². The number of carbonyl (C=O) groups is 1. The Kier molecular flexibility index (Phi) is 10.2. The van der Waals surface area contributed by atoms with Crippen molar-refractivity contribution in [3.63, 3.8) is 0 Å². The molecule has 0 saturated carbocycles. The number of carbonyl (C=O) groups excluding carboxylic acids is 1. The van der Waals surface area contributed by atoms with Crippen LogP contribution in [0.1, 0.15) is 43.5 Å². The number of rotatable bonds is 7. The van der Waals surface area contributed by atoms with Crippen LogP contribution in [0, 0.1) is 19.8 Å². The second-order valence-electron chi connectivity index (χ2n) is 7.51. The van der Waals surface area contributed by atoms with Gasteiger partial charge in [-0.15, -0.1) is 24.8 Å². The lowest BCUT2D eigenvalue weighted by Crippen LogP contribution is -2.34. The van der Waals surface area contributed by atoms with Crippen LogP contribution in [0.2, 0.25) is 0 Å². The molecule has 2 aromatic heterocycles. The molecule has 160 valence electrons. The monoisotopic (exact) mass is 433 g/mol. The van der Waals surface area contributed by atoms with Gasteiger partial charge in [-0.3, -0.25) is 19.4 Å². The molecule has 0 aliphatic heterocycles. The van der Waals surface area contributed by atoms with E-state index in [0.717, 1.165) is 23.2 Å². The van der Waals surface area contributed by atoms with Gasteiger partial charge < -0.3 is 10.6 Å². The van der Waals surface area contributed by atoms with E-state index in [-0.39, 0.29) is 42.3 Å². The van der Waals surface area contributed by atoms with Crippen LogP contribution in [-0.2, 0) is 18.3 Å². The molecule has 0 fully saturated rings. The maximum Gasteiger partial charge on any atom is 0.273 e. The Balaban J connectivity index is 0.00000364. The van der Waals surface area contributed by atoms with Crippen LogP contribution >= 0.6 is 24.8 Å². The molecule has 0 bridgehead atoms. The average molecular weight is 434 g/mol. The van der Waals surface area contributed by atoms with Gasteiger partial charge in [-0.1, -0.05) is 13.8 Å². The fourth-order valence-corrected chi connectivity index (χ4v) is 3.24. The van der Waals surface area contributed by atoms with Gasteiger partial charge in [0, 0.05) is 38.8 Å². The maximum absolute atomic E-state index is 12.4. The summed E-state index contributed by atoms with van der Waals surface area (Å²) < 4.78 is 1.64. The number of nitrogens with zero attached hydrogens (tertiary/aromatic N) is 3. The van der Waals surface area contributed by atoms with Gasteiger partial charge in [0.05, 0.1) is 5.39 Å². The van der Waals surface area contributed by atoms with E-state index < -0.39 is 0 Å². The summed E-state index contributed by atoms with van der Waals surface area (Å²) in [7, 11) is 3.59.